The van der Waals surface area contributed by atoms with E-state index >= 15 is 0 Å². The van der Waals surface area contributed by atoms with Crippen molar-refractivity contribution in [3.8, 4) is 0 Å². The number of urea groups is 1. The number of carbonyl (C=O) groups is 4. The summed E-state index contributed by atoms with van der Waals surface area (Å²) in [7, 11) is 1.80. The topological polar surface area (TPSA) is 143 Å². The highest BCUT2D eigenvalue weighted by atomic mass is 16.6. The van der Waals surface area contributed by atoms with Gasteiger partial charge in [0.05, 0.1) is 0 Å². The molecular formula is C21H39N3O7. The van der Waals surface area contributed by atoms with Gasteiger partial charge in [-0.15, -0.1) is 0 Å². The zero-order valence-electron chi connectivity index (χ0n) is 19.8. The van der Waals surface area contributed by atoms with Gasteiger partial charge >= 0.3 is 23.9 Å². The van der Waals surface area contributed by atoms with Crippen LogP contribution in [0.5, 0.6) is 0 Å². The van der Waals surface area contributed by atoms with Crippen LogP contribution in [0.15, 0.2) is 0 Å². The van der Waals surface area contributed by atoms with E-state index < -0.39 is 47.2 Å². The van der Waals surface area contributed by atoms with Crippen molar-refractivity contribution in [3.05, 3.63) is 0 Å². The number of ether oxygens (including phenoxy) is 2. The van der Waals surface area contributed by atoms with E-state index in [4.69, 9.17) is 9.47 Å². The van der Waals surface area contributed by atoms with Crippen molar-refractivity contribution < 1.29 is 33.8 Å². The maximum Gasteiger partial charge on any atom is 0.329 e. The Hall–Kier alpha value is -2.36. The molecule has 10 nitrogen and oxygen atoms in total. The molecule has 2 atom stereocenters. The van der Waals surface area contributed by atoms with Crippen LogP contribution < -0.4 is 16.0 Å². The summed E-state index contributed by atoms with van der Waals surface area (Å²) in [4.78, 5) is 48.3. The third-order valence-corrected chi connectivity index (χ3v) is 3.83. The molecule has 0 aliphatic carbocycles. The number of carboxylic acid groups (broad SMARTS) is 1. The average Bonchev–Trinajstić information content (AvgIpc) is 2.57. The van der Waals surface area contributed by atoms with E-state index in [0.29, 0.717) is 6.42 Å². The van der Waals surface area contributed by atoms with Gasteiger partial charge in [-0.1, -0.05) is 0 Å². The molecule has 0 aliphatic heterocycles. The predicted octanol–water partition coefficient (Wildman–Crippen LogP) is 1.96. The number of unbranched alkanes of at least 4 members (excludes halogenated alkanes) is 1. The molecule has 2 amide bonds. The molecule has 4 N–H and O–H groups in total. The molecule has 10 heteroatoms. The van der Waals surface area contributed by atoms with Crippen LogP contribution in [0.25, 0.3) is 0 Å². The summed E-state index contributed by atoms with van der Waals surface area (Å²) in [6.45, 7) is 11.0. The van der Waals surface area contributed by atoms with E-state index in [1.807, 2.05) is 0 Å². The molecule has 0 bridgehead atoms. The van der Waals surface area contributed by atoms with Gasteiger partial charge in [0, 0.05) is 6.42 Å². The SMILES string of the molecule is CNCCCCC(NC(=O)NC(CCC(=O)OC(C)(C)C)C(=O)OC(C)(C)C)C(=O)O. The van der Waals surface area contributed by atoms with Gasteiger partial charge in [-0.25, -0.2) is 14.4 Å². The first kappa shape index (κ1) is 28.6. The first-order valence-corrected chi connectivity index (χ1v) is 10.5. The summed E-state index contributed by atoms with van der Waals surface area (Å²) in [5.41, 5.74) is -1.47. The molecule has 0 aromatic rings. The van der Waals surface area contributed by atoms with Crippen LogP contribution in [-0.2, 0) is 23.9 Å². The zero-order valence-corrected chi connectivity index (χ0v) is 19.8. The summed E-state index contributed by atoms with van der Waals surface area (Å²) >= 11 is 0. The molecule has 0 fully saturated rings. The predicted molar refractivity (Wildman–Crippen MR) is 116 cm³/mol. The minimum atomic E-state index is -1.16. The van der Waals surface area contributed by atoms with E-state index in [2.05, 4.69) is 16.0 Å². The van der Waals surface area contributed by atoms with Crippen LogP contribution in [0.2, 0.25) is 0 Å². The second-order valence-corrected chi connectivity index (χ2v) is 9.32. The highest BCUT2D eigenvalue weighted by Crippen LogP contribution is 2.13. The Morgan fingerprint density at radius 2 is 1.39 bits per heavy atom. The fourth-order valence-electron chi connectivity index (χ4n) is 2.54. The Balaban J connectivity index is 5.05. The summed E-state index contributed by atoms with van der Waals surface area (Å²) in [6.07, 6.45) is 1.46. The number of aliphatic carboxylic acids is 1. The Morgan fingerprint density at radius 1 is 0.839 bits per heavy atom. The van der Waals surface area contributed by atoms with E-state index in [-0.39, 0.29) is 19.3 Å². The Kier molecular flexibility index (Phi) is 12.1. The molecule has 0 aromatic heterocycles. The summed E-state index contributed by atoms with van der Waals surface area (Å²) in [5, 5.41) is 17.1. The maximum atomic E-state index is 12.5. The van der Waals surface area contributed by atoms with Crippen molar-refractivity contribution in [1.29, 1.82) is 0 Å². The van der Waals surface area contributed by atoms with Gasteiger partial charge in [0.2, 0.25) is 0 Å². The smallest absolute Gasteiger partial charge is 0.329 e. The van der Waals surface area contributed by atoms with Gasteiger partial charge in [-0.3, -0.25) is 4.79 Å². The number of hydrogen-bond acceptors (Lipinski definition) is 7. The van der Waals surface area contributed by atoms with Crippen LogP contribution >= 0.6 is 0 Å². The molecule has 0 spiro atoms. The number of carboxylic acids is 1. The van der Waals surface area contributed by atoms with E-state index in [0.717, 1.165) is 13.0 Å². The van der Waals surface area contributed by atoms with E-state index in [1.54, 1.807) is 48.6 Å². The number of hydrogen-bond donors (Lipinski definition) is 4. The molecule has 0 saturated heterocycles. The van der Waals surface area contributed by atoms with Gasteiger partial charge in [0.25, 0.3) is 0 Å². The number of rotatable bonds is 12. The van der Waals surface area contributed by atoms with Crippen molar-refractivity contribution in [2.75, 3.05) is 13.6 Å². The normalized spacial score (nSPS) is 13.6. The molecule has 0 aromatic carbocycles. The van der Waals surface area contributed by atoms with Crippen LogP contribution in [0, 0.1) is 0 Å². The number of carbonyl (C=O) groups excluding carboxylic acids is 3. The maximum absolute atomic E-state index is 12.5. The molecule has 0 saturated carbocycles. The molecular weight excluding hydrogens is 406 g/mol. The second-order valence-electron chi connectivity index (χ2n) is 9.32. The van der Waals surface area contributed by atoms with Crippen molar-refractivity contribution in [3.63, 3.8) is 0 Å². The summed E-state index contributed by atoms with van der Waals surface area (Å²) in [5.74, 6) is -2.40. The Morgan fingerprint density at radius 3 is 1.87 bits per heavy atom. The monoisotopic (exact) mass is 445 g/mol. The van der Waals surface area contributed by atoms with Crippen LogP contribution in [0.3, 0.4) is 0 Å². The van der Waals surface area contributed by atoms with Gasteiger partial charge in [0.1, 0.15) is 23.3 Å². The standard InChI is InChI=1S/C21H39N3O7/c1-20(2,3)30-16(25)12-11-15(18(28)31-21(4,5)6)24-19(29)23-14(17(26)27)10-8-9-13-22-7/h14-15,22H,8-13H2,1-7H3,(H,26,27)(H2,23,24,29). The highest BCUT2D eigenvalue weighted by molar-refractivity contribution is 5.87. The fraction of sp³-hybridized carbons (Fsp3) is 0.810. The van der Waals surface area contributed by atoms with Crippen molar-refractivity contribution >= 4 is 23.9 Å². The van der Waals surface area contributed by atoms with Gasteiger partial charge < -0.3 is 30.5 Å². The first-order valence-electron chi connectivity index (χ1n) is 10.5. The van der Waals surface area contributed by atoms with Crippen molar-refractivity contribution in [1.82, 2.24) is 16.0 Å². The fourth-order valence-corrected chi connectivity index (χ4v) is 2.54. The van der Waals surface area contributed by atoms with Gasteiger partial charge in [0.15, 0.2) is 0 Å². The van der Waals surface area contributed by atoms with Crippen LogP contribution in [-0.4, -0.2) is 65.9 Å². The van der Waals surface area contributed by atoms with Gasteiger partial charge in [-0.05, 0) is 80.8 Å². The number of esters is 2. The second kappa shape index (κ2) is 13.1. The van der Waals surface area contributed by atoms with E-state index in [1.165, 1.54) is 0 Å². The first-order chi connectivity index (χ1) is 14.1. The van der Waals surface area contributed by atoms with Crippen molar-refractivity contribution in [2.45, 2.75) is 96.9 Å². The van der Waals surface area contributed by atoms with Gasteiger partial charge in [-0.2, -0.15) is 0 Å². The average molecular weight is 446 g/mol. The van der Waals surface area contributed by atoms with Crippen LogP contribution in [0.1, 0.15) is 73.6 Å². The zero-order chi connectivity index (χ0) is 24.2. The molecule has 2 unspecified atom stereocenters. The minimum Gasteiger partial charge on any atom is -0.480 e. The lowest BCUT2D eigenvalue weighted by atomic mass is 10.1. The lowest BCUT2D eigenvalue weighted by Gasteiger charge is -2.25. The van der Waals surface area contributed by atoms with Crippen LogP contribution in [0.4, 0.5) is 4.79 Å². The largest absolute Gasteiger partial charge is 0.480 e. The molecule has 180 valence electrons. The molecule has 31 heavy (non-hydrogen) atoms. The summed E-state index contributed by atoms with van der Waals surface area (Å²) in [6, 6.07) is -3.05. The lowest BCUT2D eigenvalue weighted by Crippen LogP contribution is -2.52. The Labute approximate surface area is 184 Å². The molecule has 0 heterocycles. The minimum absolute atomic E-state index is 0.0445. The molecule has 0 radical (unpaired) electrons. The quantitative estimate of drug-likeness (QED) is 0.264. The number of nitrogens with one attached hydrogen (secondary N) is 3. The highest BCUT2D eigenvalue weighted by Gasteiger charge is 2.29. The molecule has 0 rings (SSSR count). The Bertz CT molecular complexity index is 609. The summed E-state index contributed by atoms with van der Waals surface area (Å²) < 4.78 is 10.6. The van der Waals surface area contributed by atoms with E-state index in [9.17, 15) is 24.3 Å². The van der Waals surface area contributed by atoms with Crippen molar-refractivity contribution in [2.24, 2.45) is 0 Å². The number of amides is 2. The third kappa shape index (κ3) is 15.1. The lowest BCUT2D eigenvalue weighted by molar-refractivity contribution is -0.158. The molecule has 0 aliphatic rings. The third-order valence-electron chi connectivity index (χ3n) is 3.83.